The number of hydrogen-bond acceptors (Lipinski definition) is 3. The van der Waals surface area contributed by atoms with E-state index in [9.17, 15) is 4.79 Å². The number of amides is 1. The molecule has 0 saturated heterocycles. The van der Waals surface area contributed by atoms with Crippen molar-refractivity contribution in [3.05, 3.63) is 29.8 Å². The third-order valence-corrected chi connectivity index (χ3v) is 2.83. The highest BCUT2D eigenvalue weighted by Gasteiger charge is 2.01. The molecule has 0 aliphatic rings. The number of anilines is 1. The summed E-state index contributed by atoms with van der Waals surface area (Å²) in [6.45, 7) is 8.64. The smallest absolute Gasteiger partial charge is 0.411 e. The van der Waals surface area contributed by atoms with Gasteiger partial charge in [0.05, 0.1) is 13.7 Å². The first-order chi connectivity index (χ1) is 10.5. The fourth-order valence-corrected chi connectivity index (χ4v) is 1.68. The molecule has 7 heteroatoms. The molecule has 0 aliphatic heterocycles. The highest BCUT2D eigenvalue weighted by atomic mass is 127. The Morgan fingerprint density at radius 1 is 1.22 bits per heavy atom. The van der Waals surface area contributed by atoms with E-state index >= 15 is 0 Å². The molecule has 0 unspecified atom stereocenters. The summed E-state index contributed by atoms with van der Waals surface area (Å²) in [7, 11) is 1.34. The van der Waals surface area contributed by atoms with E-state index in [0.29, 0.717) is 18.2 Å². The second-order valence-electron chi connectivity index (χ2n) is 5.28. The zero-order valence-corrected chi connectivity index (χ0v) is 16.5. The van der Waals surface area contributed by atoms with Gasteiger partial charge in [-0.2, -0.15) is 0 Å². The fourth-order valence-electron chi connectivity index (χ4n) is 1.68. The number of carbonyl (C=O) groups is 1. The minimum atomic E-state index is -0.474. The van der Waals surface area contributed by atoms with Crippen LogP contribution in [0.25, 0.3) is 0 Å². The van der Waals surface area contributed by atoms with Crippen molar-refractivity contribution >= 4 is 41.7 Å². The number of aliphatic imine (C=N–C) groups is 1. The van der Waals surface area contributed by atoms with E-state index in [1.807, 2.05) is 31.2 Å². The molecule has 0 fully saturated rings. The quantitative estimate of drug-likeness (QED) is 0.365. The predicted octanol–water partition coefficient (Wildman–Crippen LogP) is 3.19. The number of guanidine groups is 1. The first-order valence-electron chi connectivity index (χ1n) is 7.51. The van der Waals surface area contributed by atoms with E-state index in [4.69, 9.17) is 0 Å². The average molecular weight is 434 g/mol. The summed E-state index contributed by atoms with van der Waals surface area (Å²) >= 11 is 0. The van der Waals surface area contributed by atoms with Crippen LogP contribution in [0.3, 0.4) is 0 Å². The van der Waals surface area contributed by atoms with Gasteiger partial charge < -0.3 is 15.4 Å². The molecule has 0 atom stereocenters. The van der Waals surface area contributed by atoms with Crippen molar-refractivity contribution in [1.82, 2.24) is 10.6 Å². The predicted molar refractivity (Wildman–Crippen MR) is 106 cm³/mol. The van der Waals surface area contributed by atoms with Crippen LogP contribution >= 0.6 is 24.0 Å². The molecular weight excluding hydrogens is 407 g/mol. The first-order valence-corrected chi connectivity index (χ1v) is 7.51. The Bertz CT molecular complexity index is 489. The molecule has 23 heavy (non-hydrogen) atoms. The Labute approximate surface area is 155 Å². The maximum absolute atomic E-state index is 11.1. The molecule has 0 aliphatic carbocycles. The Hall–Kier alpha value is -1.51. The monoisotopic (exact) mass is 434 g/mol. The standard InChI is InChI=1S/C16H26N4O2.HI/c1-5-17-15(18-10-12(2)3)19-11-13-6-8-14(9-7-13)20-16(21)22-4;/h6-9,12H,5,10-11H2,1-4H3,(H,20,21)(H2,17,18,19);1H. The van der Waals surface area contributed by atoms with Gasteiger partial charge in [-0.1, -0.05) is 26.0 Å². The molecule has 0 radical (unpaired) electrons. The molecule has 3 N–H and O–H groups in total. The van der Waals surface area contributed by atoms with Crippen molar-refractivity contribution in [3.63, 3.8) is 0 Å². The molecule has 0 bridgehead atoms. The van der Waals surface area contributed by atoms with Gasteiger partial charge in [0, 0.05) is 18.8 Å². The van der Waals surface area contributed by atoms with Gasteiger partial charge in [-0.25, -0.2) is 9.79 Å². The lowest BCUT2D eigenvalue weighted by Crippen LogP contribution is -2.39. The molecule has 1 aromatic rings. The van der Waals surface area contributed by atoms with Gasteiger partial charge >= 0.3 is 6.09 Å². The van der Waals surface area contributed by atoms with Gasteiger partial charge in [0.1, 0.15) is 0 Å². The van der Waals surface area contributed by atoms with Crippen LogP contribution in [-0.4, -0.2) is 32.3 Å². The van der Waals surface area contributed by atoms with Crippen LogP contribution in [0.2, 0.25) is 0 Å². The molecule has 0 spiro atoms. The Morgan fingerprint density at radius 3 is 2.39 bits per heavy atom. The van der Waals surface area contributed by atoms with Gasteiger partial charge in [-0.15, -0.1) is 24.0 Å². The zero-order valence-electron chi connectivity index (χ0n) is 14.2. The minimum Gasteiger partial charge on any atom is -0.453 e. The summed E-state index contributed by atoms with van der Waals surface area (Å²) in [5, 5.41) is 9.13. The summed E-state index contributed by atoms with van der Waals surface area (Å²) in [4.78, 5) is 15.7. The summed E-state index contributed by atoms with van der Waals surface area (Å²) in [6, 6.07) is 7.52. The lowest BCUT2D eigenvalue weighted by Gasteiger charge is -2.13. The van der Waals surface area contributed by atoms with Gasteiger partial charge in [0.2, 0.25) is 0 Å². The van der Waals surface area contributed by atoms with Crippen molar-refractivity contribution in [1.29, 1.82) is 0 Å². The SMILES string of the molecule is CCNC(=NCc1ccc(NC(=O)OC)cc1)NCC(C)C.I. The molecule has 6 nitrogen and oxygen atoms in total. The van der Waals surface area contributed by atoms with Gasteiger partial charge in [0.25, 0.3) is 0 Å². The van der Waals surface area contributed by atoms with Crippen LogP contribution in [0, 0.1) is 5.92 Å². The molecule has 1 amide bonds. The molecule has 0 saturated carbocycles. The summed E-state index contributed by atoms with van der Waals surface area (Å²) < 4.78 is 4.55. The zero-order chi connectivity index (χ0) is 16.4. The van der Waals surface area contributed by atoms with Crippen molar-refractivity contribution in [2.45, 2.75) is 27.3 Å². The van der Waals surface area contributed by atoms with Crippen LogP contribution < -0.4 is 16.0 Å². The average Bonchev–Trinajstić information content (AvgIpc) is 2.51. The van der Waals surface area contributed by atoms with E-state index in [-0.39, 0.29) is 24.0 Å². The fraction of sp³-hybridized carbons (Fsp3) is 0.500. The third-order valence-electron chi connectivity index (χ3n) is 2.83. The van der Waals surface area contributed by atoms with Gasteiger partial charge in [0.15, 0.2) is 5.96 Å². The second-order valence-corrected chi connectivity index (χ2v) is 5.28. The number of methoxy groups -OCH3 is 1. The van der Waals surface area contributed by atoms with Crippen molar-refractivity contribution in [3.8, 4) is 0 Å². The van der Waals surface area contributed by atoms with Crippen LogP contribution in [0.4, 0.5) is 10.5 Å². The van der Waals surface area contributed by atoms with E-state index in [1.165, 1.54) is 7.11 Å². The molecule has 1 aromatic carbocycles. The first kappa shape index (κ1) is 21.5. The summed E-state index contributed by atoms with van der Waals surface area (Å²) in [5.41, 5.74) is 1.77. The number of hydrogen-bond donors (Lipinski definition) is 3. The molecular formula is C16H27IN4O2. The maximum atomic E-state index is 11.1. The Morgan fingerprint density at radius 2 is 1.87 bits per heavy atom. The van der Waals surface area contributed by atoms with Crippen molar-refractivity contribution in [2.75, 3.05) is 25.5 Å². The molecule has 0 aromatic heterocycles. The largest absolute Gasteiger partial charge is 0.453 e. The number of carbonyl (C=O) groups excluding carboxylic acids is 1. The molecule has 130 valence electrons. The Kier molecular flexibility index (Phi) is 11.2. The number of rotatable bonds is 6. The summed E-state index contributed by atoms with van der Waals surface area (Å²) in [5.74, 6) is 1.38. The number of nitrogens with zero attached hydrogens (tertiary/aromatic N) is 1. The third kappa shape index (κ3) is 9.27. The highest BCUT2D eigenvalue weighted by Crippen LogP contribution is 2.10. The lowest BCUT2D eigenvalue weighted by atomic mass is 10.2. The Balaban J connectivity index is 0.00000484. The van der Waals surface area contributed by atoms with Crippen molar-refractivity contribution < 1.29 is 9.53 Å². The number of ether oxygens (including phenoxy) is 1. The lowest BCUT2D eigenvalue weighted by molar-refractivity contribution is 0.187. The van der Waals surface area contributed by atoms with E-state index in [0.717, 1.165) is 24.6 Å². The van der Waals surface area contributed by atoms with Gasteiger partial charge in [-0.05, 0) is 30.5 Å². The van der Waals surface area contributed by atoms with Crippen LogP contribution in [-0.2, 0) is 11.3 Å². The number of halogens is 1. The van der Waals surface area contributed by atoms with Crippen LogP contribution in [0.5, 0.6) is 0 Å². The molecule has 1 rings (SSSR count). The topological polar surface area (TPSA) is 74.8 Å². The molecule has 0 heterocycles. The van der Waals surface area contributed by atoms with Gasteiger partial charge in [-0.3, -0.25) is 5.32 Å². The maximum Gasteiger partial charge on any atom is 0.411 e. The van der Waals surface area contributed by atoms with Crippen LogP contribution in [0.1, 0.15) is 26.3 Å². The van der Waals surface area contributed by atoms with E-state index in [1.54, 1.807) is 0 Å². The minimum absolute atomic E-state index is 0. The van der Waals surface area contributed by atoms with Crippen molar-refractivity contribution in [2.24, 2.45) is 10.9 Å². The van der Waals surface area contributed by atoms with E-state index in [2.05, 4.69) is 39.5 Å². The highest BCUT2D eigenvalue weighted by molar-refractivity contribution is 14.0. The number of benzene rings is 1. The normalized spacial score (nSPS) is 10.7. The second kappa shape index (κ2) is 12.0. The summed E-state index contributed by atoms with van der Waals surface area (Å²) in [6.07, 6.45) is -0.474. The van der Waals surface area contributed by atoms with E-state index < -0.39 is 6.09 Å². The van der Waals surface area contributed by atoms with Crippen LogP contribution in [0.15, 0.2) is 29.3 Å². The number of nitrogens with one attached hydrogen (secondary N) is 3.